The van der Waals surface area contributed by atoms with Gasteiger partial charge in [-0.1, -0.05) is 109 Å². The molecule has 2 aromatic carbocycles. The van der Waals surface area contributed by atoms with E-state index in [2.05, 4.69) is 115 Å². The molecule has 0 saturated carbocycles. The van der Waals surface area contributed by atoms with Crippen molar-refractivity contribution >= 4 is 11.1 Å². The first-order chi connectivity index (χ1) is 12.4. The molecule has 0 radical (unpaired) electrons. The van der Waals surface area contributed by atoms with Crippen molar-refractivity contribution in [3.8, 4) is 0 Å². The molecule has 0 aliphatic heterocycles. The maximum atomic E-state index is 3.80. The zero-order valence-electron chi connectivity index (χ0n) is 14.0. The molecule has 2 aliphatic rings. The van der Waals surface area contributed by atoms with Crippen LogP contribution in [0.1, 0.15) is 11.1 Å². The molecule has 0 saturated heterocycles. The van der Waals surface area contributed by atoms with E-state index < -0.39 is 0 Å². The summed E-state index contributed by atoms with van der Waals surface area (Å²) in [5.74, 6) is 0.547. The quantitative estimate of drug-likeness (QED) is 0.585. The molecular formula is C25H20. The third-order valence-electron chi connectivity index (χ3n) is 4.60. The fourth-order valence-corrected chi connectivity index (χ4v) is 3.33. The van der Waals surface area contributed by atoms with Gasteiger partial charge >= 0.3 is 0 Å². The normalized spacial score (nSPS) is 15.7. The van der Waals surface area contributed by atoms with Crippen molar-refractivity contribution in [1.29, 1.82) is 0 Å². The maximum absolute atomic E-state index is 3.80. The van der Waals surface area contributed by atoms with Gasteiger partial charge in [0.2, 0.25) is 0 Å². The lowest BCUT2D eigenvalue weighted by Gasteiger charge is -2.14. The summed E-state index contributed by atoms with van der Waals surface area (Å²) < 4.78 is 0. The first-order valence-corrected chi connectivity index (χ1v) is 8.73. The molecule has 0 fully saturated rings. The second-order valence-electron chi connectivity index (χ2n) is 6.28. The Labute approximate surface area is 149 Å². The van der Waals surface area contributed by atoms with Crippen molar-refractivity contribution in [3.63, 3.8) is 0 Å². The standard InChI is InChI=1S/C25H20/c1-3-11-20(12-4-1)24(22-15-7-8-16-22)19-25(23-17-9-10-18-23)21-13-5-2-6-14-21/h1-18,22-23H. The van der Waals surface area contributed by atoms with Crippen molar-refractivity contribution in [2.45, 2.75) is 0 Å². The first kappa shape index (κ1) is 15.4. The second-order valence-corrected chi connectivity index (χ2v) is 6.28. The zero-order valence-corrected chi connectivity index (χ0v) is 14.0. The number of allylic oxidation sites excluding steroid dienone is 9. The summed E-state index contributed by atoms with van der Waals surface area (Å²) in [7, 11) is 0. The molecule has 25 heavy (non-hydrogen) atoms. The lowest BCUT2D eigenvalue weighted by Crippen LogP contribution is -1.98. The lowest BCUT2D eigenvalue weighted by atomic mass is 9.89. The topological polar surface area (TPSA) is 0 Å². The number of rotatable bonds is 4. The van der Waals surface area contributed by atoms with Gasteiger partial charge in [-0.2, -0.15) is 0 Å². The number of hydrogen-bond donors (Lipinski definition) is 0. The second kappa shape index (κ2) is 7.21. The van der Waals surface area contributed by atoms with Crippen LogP contribution in [0.25, 0.3) is 11.1 Å². The molecule has 0 atom stereocenters. The highest BCUT2D eigenvalue weighted by molar-refractivity contribution is 5.80. The molecule has 2 aromatic rings. The van der Waals surface area contributed by atoms with Crippen LogP contribution in [0, 0.1) is 11.8 Å². The summed E-state index contributed by atoms with van der Waals surface area (Å²) >= 11 is 0. The van der Waals surface area contributed by atoms with E-state index in [1.165, 1.54) is 22.3 Å². The fourth-order valence-electron chi connectivity index (χ4n) is 3.33. The van der Waals surface area contributed by atoms with E-state index in [0.29, 0.717) is 0 Å². The zero-order chi connectivity index (χ0) is 16.9. The molecule has 0 bridgehead atoms. The minimum Gasteiger partial charge on any atom is -0.111 e. The van der Waals surface area contributed by atoms with Crippen LogP contribution < -0.4 is 0 Å². The minimum atomic E-state index is 0.274. The Kier molecular flexibility index (Phi) is 4.46. The van der Waals surface area contributed by atoms with E-state index in [0.717, 1.165) is 0 Å². The van der Waals surface area contributed by atoms with Gasteiger partial charge in [0.15, 0.2) is 0 Å². The maximum Gasteiger partial charge on any atom is 0.0284 e. The van der Waals surface area contributed by atoms with Gasteiger partial charge < -0.3 is 0 Å². The van der Waals surface area contributed by atoms with E-state index in [9.17, 15) is 0 Å². The molecule has 0 amide bonds. The van der Waals surface area contributed by atoms with Gasteiger partial charge in [0.25, 0.3) is 0 Å². The van der Waals surface area contributed by atoms with Crippen LogP contribution in [0.2, 0.25) is 0 Å². The highest BCUT2D eigenvalue weighted by atomic mass is 14.2. The van der Waals surface area contributed by atoms with Gasteiger partial charge in [0, 0.05) is 23.0 Å². The summed E-state index contributed by atoms with van der Waals surface area (Å²) in [5, 5.41) is 0. The highest BCUT2D eigenvalue weighted by Crippen LogP contribution is 2.33. The van der Waals surface area contributed by atoms with E-state index in [1.807, 2.05) is 0 Å². The molecule has 0 nitrogen and oxygen atoms in total. The van der Waals surface area contributed by atoms with Crippen LogP contribution in [0.4, 0.5) is 0 Å². The summed E-state index contributed by atoms with van der Waals surface area (Å²) in [6, 6.07) is 21.2. The van der Waals surface area contributed by atoms with Crippen molar-refractivity contribution < 1.29 is 0 Å². The highest BCUT2D eigenvalue weighted by Gasteiger charge is 2.16. The Morgan fingerprint density at radius 3 is 1.24 bits per heavy atom. The van der Waals surface area contributed by atoms with Crippen molar-refractivity contribution in [2.75, 3.05) is 0 Å². The predicted octanol–water partition coefficient (Wildman–Crippen LogP) is 6.24. The smallest absolute Gasteiger partial charge is 0.0284 e. The summed E-state index contributed by atoms with van der Waals surface area (Å²) in [4.78, 5) is 0. The Morgan fingerprint density at radius 1 is 0.520 bits per heavy atom. The Balaban J connectivity index is 1.95. The molecule has 0 spiro atoms. The Hall–Kier alpha value is -3.08. The SMILES string of the molecule is C(=C(c1ccccc1)C1C=CC=C1)=C(c1ccccc1)C1C=CC=C1. The van der Waals surface area contributed by atoms with Crippen molar-refractivity contribution in [3.05, 3.63) is 126 Å². The molecular weight excluding hydrogens is 300 g/mol. The average molecular weight is 320 g/mol. The fraction of sp³-hybridized carbons (Fsp3) is 0.0800. The Morgan fingerprint density at radius 2 is 0.880 bits per heavy atom. The third-order valence-corrected chi connectivity index (χ3v) is 4.60. The van der Waals surface area contributed by atoms with Crippen LogP contribution in [-0.2, 0) is 0 Å². The molecule has 0 N–H and O–H groups in total. The molecule has 4 rings (SSSR count). The van der Waals surface area contributed by atoms with Gasteiger partial charge in [-0.05, 0) is 11.1 Å². The van der Waals surface area contributed by atoms with Crippen molar-refractivity contribution in [2.24, 2.45) is 11.8 Å². The Bertz CT molecular complexity index is 815. The van der Waals surface area contributed by atoms with Crippen LogP contribution in [0.3, 0.4) is 0 Å². The summed E-state index contributed by atoms with van der Waals surface area (Å²) in [5.41, 5.74) is 8.69. The third kappa shape index (κ3) is 3.40. The summed E-state index contributed by atoms with van der Waals surface area (Å²) in [6.45, 7) is 0. The van der Waals surface area contributed by atoms with Gasteiger partial charge in [0.05, 0.1) is 0 Å². The molecule has 0 unspecified atom stereocenters. The molecule has 2 aliphatic carbocycles. The summed E-state index contributed by atoms with van der Waals surface area (Å²) in [6.07, 6.45) is 17.4. The van der Waals surface area contributed by atoms with Gasteiger partial charge in [0.1, 0.15) is 0 Å². The average Bonchev–Trinajstić information content (AvgIpc) is 3.38. The molecule has 0 heterocycles. The van der Waals surface area contributed by atoms with Gasteiger partial charge in [-0.25, -0.2) is 0 Å². The number of benzene rings is 2. The van der Waals surface area contributed by atoms with E-state index in [-0.39, 0.29) is 11.8 Å². The van der Waals surface area contributed by atoms with Gasteiger partial charge in [-0.3, -0.25) is 0 Å². The van der Waals surface area contributed by atoms with E-state index >= 15 is 0 Å². The molecule has 0 heteroatoms. The van der Waals surface area contributed by atoms with E-state index in [4.69, 9.17) is 0 Å². The minimum absolute atomic E-state index is 0.274. The predicted molar refractivity (Wildman–Crippen MR) is 107 cm³/mol. The van der Waals surface area contributed by atoms with Crippen LogP contribution in [0.5, 0.6) is 0 Å². The largest absolute Gasteiger partial charge is 0.111 e. The molecule has 120 valence electrons. The van der Waals surface area contributed by atoms with Crippen LogP contribution in [-0.4, -0.2) is 0 Å². The van der Waals surface area contributed by atoms with Gasteiger partial charge in [-0.15, -0.1) is 5.73 Å². The number of hydrogen-bond acceptors (Lipinski definition) is 0. The van der Waals surface area contributed by atoms with Crippen molar-refractivity contribution in [1.82, 2.24) is 0 Å². The van der Waals surface area contributed by atoms with Crippen LogP contribution >= 0.6 is 0 Å². The van der Waals surface area contributed by atoms with Crippen LogP contribution in [0.15, 0.2) is 115 Å². The first-order valence-electron chi connectivity index (χ1n) is 8.73. The molecule has 0 aromatic heterocycles. The monoisotopic (exact) mass is 320 g/mol. The lowest BCUT2D eigenvalue weighted by molar-refractivity contribution is 1.10. The van der Waals surface area contributed by atoms with E-state index in [1.54, 1.807) is 0 Å².